The van der Waals surface area contributed by atoms with Gasteiger partial charge in [0.2, 0.25) is 0 Å². The van der Waals surface area contributed by atoms with Crippen LogP contribution in [0.2, 0.25) is 0 Å². The van der Waals surface area contributed by atoms with Gasteiger partial charge in [0.15, 0.2) is 9.84 Å². The highest BCUT2D eigenvalue weighted by molar-refractivity contribution is 7.91. The molecule has 0 aromatic rings. The number of hydrogen-bond acceptors (Lipinski definition) is 5. The summed E-state index contributed by atoms with van der Waals surface area (Å²) in [4.78, 5) is 27.6. The van der Waals surface area contributed by atoms with Crippen LogP contribution in [-0.4, -0.2) is 80.8 Å². The zero-order chi connectivity index (χ0) is 15.6. The smallest absolute Gasteiger partial charge is 0.312 e. The highest BCUT2D eigenvalue weighted by atomic mass is 32.2. The molecule has 1 heterocycles. The van der Waals surface area contributed by atoms with Crippen LogP contribution in [0.1, 0.15) is 19.3 Å². The topological polar surface area (TPSA) is 86.8 Å². The van der Waals surface area contributed by atoms with Crippen molar-refractivity contribution in [1.29, 1.82) is 0 Å². The normalized spacial score (nSPS) is 24.0. The minimum atomic E-state index is -3.09. The summed E-state index contributed by atoms with van der Waals surface area (Å²) in [5.74, 6) is -1.16. The molecule has 1 aliphatic carbocycles. The van der Waals surface area contributed by atoms with Gasteiger partial charge in [0.25, 0.3) is 0 Å². The van der Waals surface area contributed by atoms with Crippen LogP contribution in [0.25, 0.3) is 0 Å². The van der Waals surface area contributed by atoms with Gasteiger partial charge < -0.3 is 15.1 Å². The van der Waals surface area contributed by atoms with Crippen molar-refractivity contribution in [3.05, 3.63) is 0 Å². The monoisotopic (exact) mass is 317 g/mol. The van der Waals surface area contributed by atoms with Crippen molar-refractivity contribution in [3.8, 4) is 0 Å². The Morgan fingerprint density at radius 3 is 2.29 bits per heavy atom. The van der Waals surface area contributed by atoms with Crippen molar-refractivity contribution in [3.63, 3.8) is 0 Å². The number of nitrogens with zero attached hydrogens (tertiary/aromatic N) is 2. The van der Waals surface area contributed by atoms with E-state index in [1.165, 1.54) is 4.90 Å². The fourth-order valence-electron chi connectivity index (χ4n) is 2.38. The molecule has 0 radical (unpaired) electrons. The number of nitrogens with one attached hydrogen (secondary N) is 1. The van der Waals surface area contributed by atoms with Gasteiger partial charge in [-0.3, -0.25) is 9.59 Å². The molecular weight excluding hydrogens is 294 g/mol. The van der Waals surface area contributed by atoms with E-state index in [1.807, 2.05) is 19.0 Å². The standard InChI is InChI=1S/C13H23N3O4S/c1-15(2)6-7-16(11-5-8-21(19,20)9-11)13(18)12(17)14-10-3-4-10/h10-11H,3-9H2,1-2H3,(H,14,17). The van der Waals surface area contributed by atoms with E-state index in [-0.39, 0.29) is 23.6 Å². The highest BCUT2D eigenvalue weighted by Crippen LogP contribution is 2.20. The molecule has 7 nitrogen and oxygen atoms in total. The molecule has 1 unspecified atom stereocenters. The Balaban J connectivity index is 2.03. The lowest BCUT2D eigenvalue weighted by molar-refractivity contribution is -0.147. The number of rotatable bonds is 5. The number of sulfone groups is 1. The van der Waals surface area contributed by atoms with Crippen LogP contribution in [0.3, 0.4) is 0 Å². The van der Waals surface area contributed by atoms with Crippen molar-refractivity contribution >= 4 is 21.7 Å². The van der Waals surface area contributed by atoms with Gasteiger partial charge in [-0.15, -0.1) is 0 Å². The van der Waals surface area contributed by atoms with E-state index in [0.29, 0.717) is 19.5 Å². The van der Waals surface area contributed by atoms with Gasteiger partial charge in [-0.25, -0.2) is 8.42 Å². The lowest BCUT2D eigenvalue weighted by Gasteiger charge is -2.28. The number of amides is 2. The van der Waals surface area contributed by atoms with Gasteiger partial charge in [-0.05, 0) is 33.4 Å². The molecule has 1 aliphatic heterocycles. The Hall–Kier alpha value is -1.15. The Bertz CT molecular complexity index is 514. The third-order valence-electron chi connectivity index (χ3n) is 3.80. The number of likely N-dealkylation sites (N-methyl/N-ethyl adjacent to an activating group) is 1. The molecule has 1 saturated heterocycles. The maximum absolute atomic E-state index is 12.3. The van der Waals surface area contributed by atoms with Gasteiger partial charge in [-0.1, -0.05) is 0 Å². The molecular formula is C13H23N3O4S. The van der Waals surface area contributed by atoms with Gasteiger partial charge in [0.05, 0.1) is 11.5 Å². The molecule has 120 valence electrons. The van der Waals surface area contributed by atoms with Crippen LogP contribution in [0.4, 0.5) is 0 Å². The average molecular weight is 317 g/mol. The maximum atomic E-state index is 12.3. The van der Waals surface area contributed by atoms with Crippen LogP contribution in [-0.2, 0) is 19.4 Å². The molecule has 2 fully saturated rings. The Morgan fingerprint density at radius 1 is 1.14 bits per heavy atom. The number of carbonyl (C=O) groups is 2. The van der Waals surface area contributed by atoms with Crippen molar-refractivity contribution in [2.24, 2.45) is 0 Å². The first-order valence-corrected chi connectivity index (χ1v) is 9.07. The molecule has 2 amide bonds. The lowest BCUT2D eigenvalue weighted by atomic mass is 10.2. The average Bonchev–Trinajstić information content (AvgIpc) is 3.12. The van der Waals surface area contributed by atoms with Gasteiger partial charge in [0, 0.05) is 25.2 Å². The minimum absolute atomic E-state index is 0.0388. The van der Waals surface area contributed by atoms with Crippen molar-refractivity contribution in [2.75, 3.05) is 38.7 Å². The summed E-state index contributed by atoms with van der Waals surface area (Å²) in [7, 11) is 0.658. The Labute approximate surface area is 125 Å². The molecule has 1 N–H and O–H groups in total. The molecule has 0 aromatic heterocycles. The SMILES string of the molecule is CN(C)CCN(C(=O)C(=O)NC1CC1)C1CCS(=O)(=O)C1. The van der Waals surface area contributed by atoms with E-state index in [0.717, 1.165) is 12.8 Å². The van der Waals surface area contributed by atoms with Gasteiger partial charge >= 0.3 is 11.8 Å². The van der Waals surface area contributed by atoms with Gasteiger partial charge in [0.1, 0.15) is 0 Å². The summed E-state index contributed by atoms with van der Waals surface area (Å²) < 4.78 is 23.2. The van der Waals surface area contributed by atoms with Crippen molar-refractivity contribution in [1.82, 2.24) is 15.1 Å². The second-order valence-corrected chi connectivity index (χ2v) is 8.34. The Kier molecular flexibility index (Phi) is 4.88. The van der Waals surface area contributed by atoms with E-state index in [2.05, 4.69) is 5.32 Å². The molecule has 0 spiro atoms. The number of hydrogen-bond donors (Lipinski definition) is 1. The number of carbonyl (C=O) groups excluding carboxylic acids is 2. The van der Waals surface area contributed by atoms with E-state index in [1.54, 1.807) is 0 Å². The predicted octanol–water partition coefficient (Wildman–Crippen LogP) is -1.16. The summed E-state index contributed by atoms with van der Waals surface area (Å²) in [6.07, 6.45) is 2.24. The van der Waals surface area contributed by atoms with E-state index in [4.69, 9.17) is 0 Å². The second-order valence-electron chi connectivity index (χ2n) is 6.11. The summed E-state index contributed by atoms with van der Waals surface area (Å²) in [5, 5.41) is 2.67. The van der Waals surface area contributed by atoms with Crippen LogP contribution in [0.15, 0.2) is 0 Å². The molecule has 1 saturated carbocycles. The fourth-order valence-corrected chi connectivity index (χ4v) is 4.11. The third-order valence-corrected chi connectivity index (χ3v) is 5.56. The zero-order valence-electron chi connectivity index (χ0n) is 12.5. The first-order chi connectivity index (χ1) is 9.78. The van der Waals surface area contributed by atoms with Crippen molar-refractivity contribution < 1.29 is 18.0 Å². The quantitative estimate of drug-likeness (QED) is 0.647. The molecule has 2 rings (SSSR count). The van der Waals surface area contributed by atoms with Crippen LogP contribution in [0, 0.1) is 0 Å². The molecule has 1 atom stereocenters. The minimum Gasteiger partial charge on any atom is -0.345 e. The summed E-state index contributed by atoms with van der Waals surface area (Å²) in [6, 6.07) is -0.267. The second kappa shape index (κ2) is 6.31. The highest BCUT2D eigenvalue weighted by Gasteiger charge is 2.37. The van der Waals surface area contributed by atoms with Crippen LogP contribution >= 0.6 is 0 Å². The largest absolute Gasteiger partial charge is 0.345 e. The Morgan fingerprint density at radius 2 is 1.81 bits per heavy atom. The molecule has 0 aromatic carbocycles. The first-order valence-electron chi connectivity index (χ1n) is 7.25. The molecule has 2 aliphatic rings. The van der Waals surface area contributed by atoms with Crippen LogP contribution in [0.5, 0.6) is 0 Å². The molecule has 8 heteroatoms. The van der Waals surface area contributed by atoms with E-state index in [9.17, 15) is 18.0 Å². The lowest BCUT2D eigenvalue weighted by Crippen LogP contribution is -2.50. The molecule has 21 heavy (non-hydrogen) atoms. The first kappa shape index (κ1) is 16.2. The summed E-state index contributed by atoms with van der Waals surface area (Å²) in [6.45, 7) is 0.961. The predicted molar refractivity (Wildman–Crippen MR) is 78.5 cm³/mol. The van der Waals surface area contributed by atoms with Crippen LogP contribution < -0.4 is 5.32 Å². The van der Waals surface area contributed by atoms with E-state index >= 15 is 0 Å². The molecule has 0 bridgehead atoms. The van der Waals surface area contributed by atoms with Crippen molar-refractivity contribution in [2.45, 2.75) is 31.3 Å². The maximum Gasteiger partial charge on any atom is 0.312 e. The van der Waals surface area contributed by atoms with E-state index < -0.39 is 21.7 Å². The summed E-state index contributed by atoms with van der Waals surface area (Å²) >= 11 is 0. The fraction of sp³-hybridized carbons (Fsp3) is 0.846. The third kappa shape index (κ3) is 4.67. The zero-order valence-corrected chi connectivity index (χ0v) is 13.4. The summed E-state index contributed by atoms with van der Waals surface area (Å²) in [5.41, 5.74) is 0. The van der Waals surface area contributed by atoms with Gasteiger partial charge in [-0.2, -0.15) is 0 Å².